The molecule has 1 aromatic heterocycles. The Morgan fingerprint density at radius 3 is 2.75 bits per heavy atom. The number of Topliss-reactive ketones (excluding diaryl/α,β-unsaturated/α-hetero) is 1. The highest BCUT2D eigenvalue weighted by Crippen LogP contribution is 2.22. The van der Waals surface area contributed by atoms with Crippen molar-refractivity contribution >= 4 is 17.1 Å². The summed E-state index contributed by atoms with van der Waals surface area (Å²) in [7, 11) is 0. The van der Waals surface area contributed by atoms with Crippen LogP contribution in [0.1, 0.15) is 24.8 Å². The molecule has 4 heteroatoms. The molecule has 2 aromatic rings. The second-order valence-electron chi connectivity index (χ2n) is 4.92. The number of thiazole rings is 1. The molecular weight excluding hydrogens is 268 g/mol. The van der Waals surface area contributed by atoms with Gasteiger partial charge in [0.1, 0.15) is 10.8 Å². The molecular formula is C16H20N2OS. The molecule has 20 heavy (non-hydrogen) atoms. The number of rotatable bonds is 7. The lowest BCUT2D eigenvalue weighted by Gasteiger charge is -2.09. The van der Waals surface area contributed by atoms with Crippen LogP contribution < -0.4 is 5.73 Å². The summed E-state index contributed by atoms with van der Waals surface area (Å²) in [4.78, 5) is 16.5. The third-order valence-electron chi connectivity index (χ3n) is 3.40. The number of benzene rings is 1. The summed E-state index contributed by atoms with van der Waals surface area (Å²) in [6, 6.07) is 10.0. The fraction of sp³-hybridized carbons (Fsp3) is 0.375. The van der Waals surface area contributed by atoms with E-state index in [0.29, 0.717) is 25.3 Å². The van der Waals surface area contributed by atoms with Gasteiger partial charge in [-0.15, -0.1) is 11.3 Å². The topological polar surface area (TPSA) is 56.0 Å². The number of ketones is 1. The molecule has 0 saturated carbocycles. The van der Waals surface area contributed by atoms with Crippen molar-refractivity contribution in [1.29, 1.82) is 0 Å². The quantitative estimate of drug-likeness (QED) is 0.850. The van der Waals surface area contributed by atoms with Crippen LogP contribution in [-0.2, 0) is 11.2 Å². The molecule has 0 spiro atoms. The van der Waals surface area contributed by atoms with Gasteiger partial charge in [-0.05, 0) is 12.5 Å². The molecule has 0 fully saturated rings. The Morgan fingerprint density at radius 1 is 1.35 bits per heavy atom. The molecule has 0 saturated heterocycles. The molecule has 106 valence electrons. The molecule has 0 aliphatic heterocycles. The molecule has 0 amide bonds. The summed E-state index contributed by atoms with van der Waals surface area (Å²) in [5.74, 6) is 0.535. The lowest BCUT2D eigenvalue weighted by molar-refractivity contribution is -0.119. The first-order valence-electron chi connectivity index (χ1n) is 6.94. The summed E-state index contributed by atoms with van der Waals surface area (Å²) in [6.07, 6.45) is 1.94. The first kappa shape index (κ1) is 14.9. The highest BCUT2D eigenvalue weighted by atomic mass is 32.1. The van der Waals surface area contributed by atoms with Crippen molar-refractivity contribution in [2.45, 2.75) is 26.2 Å². The van der Waals surface area contributed by atoms with Gasteiger partial charge in [-0.25, -0.2) is 4.98 Å². The molecule has 1 aromatic carbocycles. The van der Waals surface area contributed by atoms with Crippen molar-refractivity contribution in [1.82, 2.24) is 4.98 Å². The van der Waals surface area contributed by atoms with E-state index in [-0.39, 0.29) is 5.78 Å². The van der Waals surface area contributed by atoms with Crippen LogP contribution in [0.5, 0.6) is 0 Å². The maximum absolute atomic E-state index is 12.0. The van der Waals surface area contributed by atoms with Crippen LogP contribution in [0.15, 0.2) is 35.7 Å². The van der Waals surface area contributed by atoms with E-state index >= 15 is 0 Å². The number of hydrogen-bond acceptors (Lipinski definition) is 4. The molecule has 0 radical (unpaired) electrons. The maximum atomic E-state index is 12.0. The highest BCUT2D eigenvalue weighted by Gasteiger charge is 2.13. The maximum Gasteiger partial charge on any atom is 0.140 e. The number of nitrogens with zero attached hydrogens (tertiary/aromatic N) is 1. The Kier molecular flexibility index (Phi) is 5.44. The molecule has 0 bridgehead atoms. The van der Waals surface area contributed by atoms with Crippen molar-refractivity contribution in [3.05, 3.63) is 40.7 Å². The zero-order chi connectivity index (χ0) is 14.4. The van der Waals surface area contributed by atoms with Crippen molar-refractivity contribution < 1.29 is 4.79 Å². The van der Waals surface area contributed by atoms with E-state index in [1.165, 1.54) is 0 Å². The first-order chi connectivity index (χ1) is 9.72. The summed E-state index contributed by atoms with van der Waals surface area (Å²) < 4.78 is 0. The number of carbonyl (C=O) groups excluding carboxylic acids is 1. The smallest absolute Gasteiger partial charge is 0.140 e. The van der Waals surface area contributed by atoms with Gasteiger partial charge in [-0.1, -0.05) is 43.7 Å². The van der Waals surface area contributed by atoms with Crippen LogP contribution in [0.4, 0.5) is 0 Å². The summed E-state index contributed by atoms with van der Waals surface area (Å²) in [5, 5.41) is 2.90. The zero-order valence-corrected chi connectivity index (χ0v) is 12.5. The van der Waals surface area contributed by atoms with Crippen LogP contribution in [0.25, 0.3) is 11.3 Å². The Bertz CT molecular complexity index is 547. The molecule has 0 aliphatic rings. The van der Waals surface area contributed by atoms with Gasteiger partial charge < -0.3 is 5.73 Å². The van der Waals surface area contributed by atoms with E-state index in [1.807, 2.05) is 35.7 Å². The van der Waals surface area contributed by atoms with Crippen molar-refractivity contribution in [3.8, 4) is 11.3 Å². The summed E-state index contributed by atoms with van der Waals surface area (Å²) in [5.41, 5.74) is 7.68. The summed E-state index contributed by atoms with van der Waals surface area (Å²) >= 11 is 1.55. The fourth-order valence-electron chi connectivity index (χ4n) is 2.09. The minimum Gasteiger partial charge on any atom is -0.330 e. The molecule has 1 unspecified atom stereocenters. The number of aromatic nitrogens is 1. The van der Waals surface area contributed by atoms with Crippen molar-refractivity contribution in [2.75, 3.05) is 6.54 Å². The minimum absolute atomic E-state index is 0.233. The normalized spacial score (nSPS) is 12.3. The van der Waals surface area contributed by atoms with Gasteiger partial charge in [0.25, 0.3) is 0 Å². The SMILES string of the molecule is CCC(CN)CC(=O)Cc1nc(-c2ccccc2)cs1. The Labute approximate surface area is 123 Å². The molecule has 2 N–H and O–H groups in total. The van der Waals surface area contributed by atoms with Gasteiger partial charge in [-0.3, -0.25) is 4.79 Å². The van der Waals surface area contributed by atoms with Gasteiger partial charge in [-0.2, -0.15) is 0 Å². The van der Waals surface area contributed by atoms with Crippen molar-refractivity contribution in [2.24, 2.45) is 11.7 Å². The van der Waals surface area contributed by atoms with E-state index in [0.717, 1.165) is 22.7 Å². The van der Waals surface area contributed by atoms with Gasteiger partial charge in [0.15, 0.2) is 0 Å². The van der Waals surface area contributed by atoms with Gasteiger partial charge in [0, 0.05) is 17.4 Å². The Balaban J connectivity index is 1.98. The van der Waals surface area contributed by atoms with E-state index in [4.69, 9.17) is 5.73 Å². The van der Waals surface area contributed by atoms with Gasteiger partial charge in [0.05, 0.1) is 12.1 Å². The number of hydrogen-bond donors (Lipinski definition) is 1. The van der Waals surface area contributed by atoms with Gasteiger partial charge in [0.2, 0.25) is 0 Å². The molecule has 3 nitrogen and oxygen atoms in total. The fourth-order valence-corrected chi connectivity index (χ4v) is 2.92. The van der Waals surface area contributed by atoms with E-state index in [2.05, 4.69) is 11.9 Å². The third-order valence-corrected chi connectivity index (χ3v) is 4.25. The second-order valence-corrected chi connectivity index (χ2v) is 5.86. The second kappa shape index (κ2) is 7.31. The van der Waals surface area contributed by atoms with E-state index in [1.54, 1.807) is 11.3 Å². The number of nitrogens with two attached hydrogens (primary N) is 1. The Morgan fingerprint density at radius 2 is 2.10 bits per heavy atom. The molecule has 1 atom stereocenters. The Hall–Kier alpha value is -1.52. The van der Waals surface area contributed by atoms with E-state index < -0.39 is 0 Å². The van der Waals surface area contributed by atoms with Gasteiger partial charge >= 0.3 is 0 Å². The van der Waals surface area contributed by atoms with Crippen LogP contribution in [-0.4, -0.2) is 17.3 Å². The average Bonchev–Trinajstić information content (AvgIpc) is 2.94. The van der Waals surface area contributed by atoms with Crippen LogP contribution in [0, 0.1) is 5.92 Å². The van der Waals surface area contributed by atoms with Crippen LogP contribution >= 0.6 is 11.3 Å². The molecule has 2 rings (SSSR count). The summed E-state index contributed by atoms with van der Waals surface area (Å²) in [6.45, 7) is 2.65. The predicted molar refractivity (Wildman–Crippen MR) is 83.7 cm³/mol. The van der Waals surface area contributed by atoms with E-state index in [9.17, 15) is 4.79 Å². The first-order valence-corrected chi connectivity index (χ1v) is 7.82. The minimum atomic E-state index is 0.233. The van der Waals surface area contributed by atoms with Crippen molar-refractivity contribution in [3.63, 3.8) is 0 Å². The average molecular weight is 288 g/mol. The predicted octanol–water partition coefficient (Wildman–Crippen LogP) is 3.30. The standard InChI is InChI=1S/C16H20N2OS/c1-2-12(10-17)8-14(19)9-16-18-15(11-20-16)13-6-4-3-5-7-13/h3-7,11-12H,2,8-10,17H2,1H3. The lowest BCUT2D eigenvalue weighted by Crippen LogP contribution is -2.18. The van der Waals surface area contributed by atoms with Crippen LogP contribution in [0.3, 0.4) is 0 Å². The lowest BCUT2D eigenvalue weighted by atomic mass is 9.99. The third kappa shape index (κ3) is 3.99. The largest absolute Gasteiger partial charge is 0.330 e. The zero-order valence-electron chi connectivity index (χ0n) is 11.7. The number of carbonyl (C=O) groups is 1. The molecule has 0 aliphatic carbocycles. The highest BCUT2D eigenvalue weighted by molar-refractivity contribution is 7.10. The monoisotopic (exact) mass is 288 g/mol. The molecule has 1 heterocycles. The van der Waals surface area contributed by atoms with Crippen LogP contribution in [0.2, 0.25) is 0 Å².